The molecule has 0 saturated carbocycles. The van der Waals surface area contributed by atoms with Crippen molar-refractivity contribution in [3.05, 3.63) is 89.2 Å². The minimum atomic E-state index is -1.08. The highest BCUT2D eigenvalue weighted by atomic mass is 19.1. The van der Waals surface area contributed by atoms with Gasteiger partial charge in [-0.3, -0.25) is 24.1 Å². The third-order valence-electron chi connectivity index (χ3n) is 6.31. The largest absolute Gasteiger partial charge is 0.479 e. The summed E-state index contributed by atoms with van der Waals surface area (Å²) in [6.07, 6.45) is -0.765. The molecule has 0 radical (unpaired) electrons. The minimum absolute atomic E-state index is 0.0188. The lowest BCUT2D eigenvalue weighted by Crippen LogP contribution is -2.45. The maximum atomic E-state index is 14.3. The van der Waals surface area contributed by atoms with E-state index in [4.69, 9.17) is 4.74 Å². The van der Waals surface area contributed by atoms with Gasteiger partial charge in [0, 0.05) is 11.3 Å². The zero-order valence-corrected chi connectivity index (χ0v) is 19.5. The molecule has 2 heterocycles. The quantitative estimate of drug-likeness (QED) is 0.553. The standard InChI is InChI=1S/C27H22FN3O5/c1-15(31-26(34)19-8-4-5-9-20(19)27(31)35)24(32)29-18-11-12-23-22(13-18)30(25(33)16(2)36-23)14-17-7-3-6-10-21(17)28/h3-13,15-16H,14H2,1-2H3,(H,29,32). The van der Waals surface area contributed by atoms with Gasteiger partial charge in [0.15, 0.2) is 6.10 Å². The summed E-state index contributed by atoms with van der Waals surface area (Å²) in [5.74, 6) is -2.04. The minimum Gasteiger partial charge on any atom is -0.479 e. The molecule has 8 nitrogen and oxygen atoms in total. The van der Waals surface area contributed by atoms with Gasteiger partial charge in [-0.15, -0.1) is 0 Å². The first-order valence-electron chi connectivity index (χ1n) is 11.4. The number of imide groups is 1. The van der Waals surface area contributed by atoms with E-state index in [1.807, 2.05) is 0 Å². The molecule has 2 unspecified atom stereocenters. The third-order valence-corrected chi connectivity index (χ3v) is 6.31. The van der Waals surface area contributed by atoms with Crippen LogP contribution in [0.5, 0.6) is 5.75 Å². The van der Waals surface area contributed by atoms with E-state index in [9.17, 15) is 23.6 Å². The fourth-order valence-electron chi connectivity index (χ4n) is 4.37. The molecule has 9 heteroatoms. The SMILES string of the molecule is CC1Oc2ccc(NC(=O)C(C)N3C(=O)c4ccccc4C3=O)cc2N(Cc2ccccc2F)C1=O. The first-order valence-corrected chi connectivity index (χ1v) is 11.4. The van der Waals surface area contributed by atoms with Gasteiger partial charge in [-0.2, -0.15) is 0 Å². The van der Waals surface area contributed by atoms with Crippen LogP contribution in [0.2, 0.25) is 0 Å². The molecular formula is C27H22FN3O5. The molecule has 0 aromatic heterocycles. The highest BCUT2D eigenvalue weighted by Crippen LogP contribution is 2.37. The highest BCUT2D eigenvalue weighted by molar-refractivity contribution is 6.23. The highest BCUT2D eigenvalue weighted by Gasteiger charge is 2.40. The fraction of sp³-hybridized carbons (Fsp3) is 0.185. The van der Waals surface area contributed by atoms with Crippen LogP contribution >= 0.6 is 0 Å². The zero-order valence-electron chi connectivity index (χ0n) is 19.5. The van der Waals surface area contributed by atoms with Crippen LogP contribution in [0, 0.1) is 5.82 Å². The molecule has 0 bridgehead atoms. The van der Waals surface area contributed by atoms with E-state index in [2.05, 4.69) is 5.32 Å². The number of fused-ring (bicyclic) bond motifs is 2. The van der Waals surface area contributed by atoms with Crippen LogP contribution in [-0.2, 0) is 16.1 Å². The number of anilines is 2. The second kappa shape index (κ2) is 8.92. The van der Waals surface area contributed by atoms with Gasteiger partial charge in [0.25, 0.3) is 17.7 Å². The van der Waals surface area contributed by atoms with Gasteiger partial charge in [0.05, 0.1) is 23.4 Å². The Bertz CT molecular complexity index is 1390. The van der Waals surface area contributed by atoms with Crippen LogP contribution in [0.1, 0.15) is 40.1 Å². The maximum absolute atomic E-state index is 14.3. The molecule has 182 valence electrons. The number of nitrogens with zero attached hydrogens (tertiary/aromatic N) is 2. The average Bonchev–Trinajstić information content (AvgIpc) is 3.13. The van der Waals surface area contributed by atoms with Crippen molar-refractivity contribution in [2.75, 3.05) is 10.2 Å². The van der Waals surface area contributed by atoms with E-state index < -0.39 is 35.7 Å². The Morgan fingerprint density at radius 3 is 2.31 bits per heavy atom. The molecule has 36 heavy (non-hydrogen) atoms. The Morgan fingerprint density at radius 1 is 1.00 bits per heavy atom. The van der Waals surface area contributed by atoms with Crippen LogP contribution in [0.3, 0.4) is 0 Å². The van der Waals surface area contributed by atoms with E-state index in [1.165, 1.54) is 17.9 Å². The molecule has 2 aliphatic heterocycles. The Balaban J connectivity index is 1.39. The predicted octanol–water partition coefficient (Wildman–Crippen LogP) is 3.76. The van der Waals surface area contributed by atoms with Crippen LogP contribution < -0.4 is 15.0 Å². The number of hydrogen-bond acceptors (Lipinski definition) is 5. The summed E-state index contributed by atoms with van der Waals surface area (Å²) in [7, 11) is 0. The van der Waals surface area contributed by atoms with Crippen LogP contribution in [-0.4, -0.2) is 40.7 Å². The van der Waals surface area contributed by atoms with Crippen molar-refractivity contribution in [3.8, 4) is 5.75 Å². The van der Waals surface area contributed by atoms with Crippen molar-refractivity contribution >= 4 is 35.0 Å². The Hall–Kier alpha value is -4.53. The summed E-state index contributed by atoms with van der Waals surface area (Å²) in [5.41, 5.74) is 1.54. The normalized spacial score (nSPS) is 17.4. The molecule has 5 rings (SSSR count). The number of rotatable bonds is 5. The molecule has 0 saturated heterocycles. The summed E-state index contributed by atoms with van der Waals surface area (Å²) < 4.78 is 20.0. The smallest absolute Gasteiger partial charge is 0.268 e. The van der Waals surface area contributed by atoms with Crippen molar-refractivity contribution in [2.24, 2.45) is 0 Å². The summed E-state index contributed by atoms with van der Waals surface area (Å²) in [6.45, 7) is 3.06. The summed E-state index contributed by atoms with van der Waals surface area (Å²) in [6, 6.07) is 16.2. The Morgan fingerprint density at radius 2 is 1.64 bits per heavy atom. The summed E-state index contributed by atoms with van der Waals surface area (Å²) in [5, 5.41) is 2.71. The van der Waals surface area contributed by atoms with Gasteiger partial charge in [-0.1, -0.05) is 30.3 Å². The molecule has 1 N–H and O–H groups in total. The van der Waals surface area contributed by atoms with E-state index in [0.29, 0.717) is 22.7 Å². The lowest BCUT2D eigenvalue weighted by atomic mass is 10.1. The van der Waals surface area contributed by atoms with Crippen molar-refractivity contribution in [1.29, 1.82) is 0 Å². The molecule has 3 aromatic rings. The number of hydrogen-bond donors (Lipinski definition) is 1. The van der Waals surface area contributed by atoms with E-state index in [0.717, 1.165) is 4.90 Å². The number of nitrogens with one attached hydrogen (secondary N) is 1. The molecule has 0 aliphatic carbocycles. The van der Waals surface area contributed by atoms with Crippen LogP contribution in [0.15, 0.2) is 66.7 Å². The zero-order chi connectivity index (χ0) is 25.6. The molecule has 4 amide bonds. The number of carbonyl (C=O) groups excluding carboxylic acids is 4. The van der Waals surface area contributed by atoms with Crippen molar-refractivity contribution in [2.45, 2.75) is 32.5 Å². The van der Waals surface area contributed by atoms with Gasteiger partial charge in [-0.05, 0) is 50.2 Å². The second-order valence-electron chi connectivity index (χ2n) is 8.65. The monoisotopic (exact) mass is 487 g/mol. The van der Waals surface area contributed by atoms with Gasteiger partial charge >= 0.3 is 0 Å². The van der Waals surface area contributed by atoms with Crippen molar-refractivity contribution in [1.82, 2.24) is 4.90 Å². The van der Waals surface area contributed by atoms with Crippen LogP contribution in [0.4, 0.5) is 15.8 Å². The fourth-order valence-corrected chi connectivity index (χ4v) is 4.37. The van der Waals surface area contributed by atoms with Crippen LogP contribution in [0.25, 0.3) is 0 Å². The molecule has 3 aromatic carbocycles. The van der Waals surface area contributed by atoms with Crippen molar-refractivity contribution in [3.63, 3.8) is 0 Å². The molecule has 0 spiro atoms. The maximum Gasteiger partial charge on any atom is 0.268 e. The van der Waals surface area contributed by atoms with Crippen molar-refractivity contribution < 1.29 is 28.3 Å². The first kappa shape index (κ1) is 23.2. The van der Waals surface area contributed by atoms with E-state index in [-0.39, 0.29) is 23.6 Å². The number of benzene rings is 3. The van der Waals surface area contributed by atoms with Gasteiger partial charge in [-0.25, -0.2) is 4.39 Å². The molecule has 2 aliphatic rings. The topological polar surface area (TPSA) is 96.0 Å². The van der Waals surface area contributed by atoms with Gasteiger partial charge in [0.2, 0.25) is 5.91 Å². The molecular weight excluding hydrogens is 465 g/mol. The predicted molar refractivity (Wildman–Crippen MR) is 129 cm³/mol. The Labute approximate surface area is 206 Å². The van der Waals surface area contributed by atoms with E-state index in [1.54, 1.807) is 67.6 Å². The number of carbonyl (C=O) groups is 4. The van der Waals surface area contributed by atoms with Gasteiger partial charge in [0.1, 0.15) is 17.6 Å². The lowest BCUT2D eigenvalue weighted by molar-refractivity contribution is -0.125. The number of ether oxygens (including phenoxy) is 1. The average molecular weight is 487 g/mol. The summed E-state index contributed by atoms with van der Waals surface area (Å²) >= 11 is 0. The molecule has 2 atom stereocenters. The second-order valence-corrected chi connectivity index (χ2v) is 8.65. The van der Waals surface area contributed by atoms with Gasteiger partial charge < -0.3 is 15.0 Å². The number of halogens is 1. The number of amides is 4. The third kappa shape index (κ3) is 3.88. The van der Waals surface area contributed by atoms with E-state index >= 15 is 0 Å². The first-order chi connectivity index (χ1) is 17.3. The lowest BCUT2D eigenvalue weighted by Gasteiger charge is -2.33. The Kier molecular flexibility index (Phi) is 5.75. The summed E-state index contributed by atoms with van der Waals surface area (Å²) in [4.78, 5) is 53.8. The molecule has 0 fully saturated rings.